The monoisotopic (exact) mass is 204 g/mol. The highest BCUT2D eigenvalue weighted by atomic mass is 28.3. The van der Waals surface area contributed by atoms with E-state index in [-0.39, 0.29) is 0 Å². The van der Waals surface area contributed by atoms with Crippen molar-refractivity contribution in [2.45, 2.75) is 25.7 Å². The number of benzene rings is 1. The number of hydrogen-bond acceptors (Lipinski definition) is 0. The zero-order chi connectivity index (χ0) is 10.6. The maximum Gasteiger partial charge on any atom is 0.288 e. The summed E-state index contributed by atoms with van der Waals surface area (Å²) in [6, 6.07) is 9.20. The lowest BCUT2D eigenvalue weighted by Gasteiger charge is -2.16. The molecule has 1 aromatic carbocycles. The second-order valence-corrected chi connectivity index (χ2v) is 10.2. The van der Waals surface area contributed by atoms with Crippen LogP contribution in [0.5, 0.6) is 0 Å². The van der Waals surface area contributed by atoms with Crippen molar-refractivity contribution in [2.75, 3.05) is 0 Å². The van der Waals surface area contributed by atoms with Crippen molar-refractivity contribution in [3.8, 4) is 0 Å². The van der Waals surface area contributed by atoms with Crippen LogP contribution in [0, 0.1) is 0 Å². The van der Waals surface area contributed by atoms with Crippen molar-refractivity contribution in [3.63, 3.8) is 0 Å². The molecule has 0 atom stereocenters. The van der Waals surface area contributed by atoms with Gasteiger partial charge in [0.1, 0.15) is 0 Å². The Morgan fingerprint density at radius 3 is 2.50 bits per heavy atom. The Kier molecular flexibility index (Phi) is 3.39. The summed E-state index contributed by atoms with van der Waals surface area (Å²) < 4.78 is 0. The zero-order valence-corrected chi connectivity index (χ0v) is 9.99. The molecule has 3 heteroatoms. The molecule has 0 fully saturated rings. The summed E-state index contributed by atoms with van der Waals surface area (Å²) in [6.45, 7) is 7.00. The predicted molar refractivity (Wildman–Crippen MR) is 62.3 cm³/mol. The Morgan fingerprint density at radius 1 is 1.29 bits per heavy atom. The van der Waals surface area contributed by atoms with E-state index in [0.29, 0.717) is 0 Å². The second-order valence-electron chi connectivity index (χ2n) is 4.68. The molecule has 0 aromatic heterocycles. The number of nitrogens with zero attached hydrogens (tertiary/aromatic N) is 2. The van der Waals surface area contributed by atoms with Crippen molar-refractivity contribution in [1.29, 1.82) is 0 Å². The van der Waals surface area contributed by atoms with Crippen molar-refractivity contribution in [3.05, 3.63) is 40.9 Å². The van der Waals surface area contributed by atoms with Gasteiger partial charge < -0.3 is 5.53 Å². The molecule has 0 heterocycles. The van der Waals surface area contributed by atoms with E-state index in [1.807, 2.05) is 18.2 Å². The van der Waals surface area contributed by atoms with Gasteiger partial charge in [0.25, 0.3) is 6.21 Å². The fourth-order valence-electron chi connectivity index (χ4n) is 1.45. The molecule has 0 aliphatic rings. The summed E-state index contributed by atoms with van der Waals surface area (Å²) in [5.41, 5.74) is 10.8. The first-order valence-electron chi connectivity index (χ1n) is 4.78. The van der Waals surface area contributed by atoms with Gasteiger partial charge in [-0.05, 0) is 17.7 Å². The van der Waals surface area contributed by atoms with E-state index < -0.39 is 8.07 Å². The van der Waals surface area contributed by atoms with E-state index in [4.69, 9.17) is 5.53 Å². The molecule has 0 saturated carbocycles. The van der Waals surface area contributed by atoms with Crippen LogP contribution in [0.1, 0.15) is 11.1 Å². The van der Waals surface area contributed by atoms with Crippen LogP contribution < -0.4 is 0 Å². The lowest BCUT2D eigenvalue weighted by Crippen LogP contribution is -2.24. The average Bonchev–Trinajstić information content (AvgIpc) is 2.06. The quantitative estimate of drug-likeness (QED) is 0.314. The van der Waals surface area contributed by atoms with Gasteiger partial charge >= 0.3 is 0 Å². The lowest BCUT2D eigenvalue weighted by atomic mass is 10.1. The van der Waals surface area contributed by atoms with Gasteiger partial charge in [-0.15, -0.1) is 0 Å². The van der Waals surface area contributed by atoms with Crippen LogP contribution >= 0.6 is 0 Å². The smallest absolute Gasteiger partial charge is 0.288 e. The SMILES string of the molecule is C[Si](C)(C)Cc1ccccc1C=[N+]=[N-]. The molecule has 2 nitrogen and oxygen atoms in total. The van der Waals surface area contributed by atoms with Gasteiger partial charge in [0, 0.05) is 8.07 Å². The van der Waals surface area contributed by atoms with E-state index in [1.54, 1.807) is 0 Å². The molecule has 0 aliphatic carbocycles. The largest absolute Gasteiger partial charge is 0.361 e. The Hall–Kier alpha value is -1.18. The Morgan fingerprint density at radius 2 is 1.93 bits per heavy atom. The van der Waals surface area contributed by atoms with Gasteiger partial charge in [-0.2, -0.15) is 4.79 Å². The third-order valence-electron chi connectivity index (χ3n) is 1.97. The summed E-state index contributed by atoms with van der Waals surface area (Å²) >= 11 is 0. The standard InChI is InChI=1S/C11H16N2Si/c1-14(2,3)9-11-7-5-4-6-10(11)8-13-12/h4-8H,9H2,1-3H3. The third-order valence-corrected chi connectivity index (χ3v) is 3.41. The second kappa shape index (κ2) is 4.36. The molecule has 0 unspecified atom stereocenters. The van der Waals surface area contributed by atoms with Crippen LogP contribution in [0.15, 0.2) is 24.3 Å². The van der Waals surface area contributed by atoms with Gasteiger partial charge in [-0.25, -0.2) is 0 Å². The Labute approximate surface area is 86.2 Å². The van der Waals surface area contributed by atoms with E-state index in [1.165, 1.54) is 11.8 Å². The van der Waals surface area contributed by atoms with Gasteiger partial charge in [0.15, 0.2) is 0 Å². The first-order valence-corrected chi connectivity index (χ1v) is 8.49. The van der Waals surface area contributed by atoms with Crippen molar-refractivity contribution in [2.24, 2.45) is 0 Å². The van der Waals surface area contributed by atoms with E-state index in [9.17, 15) is 0 Å². The van der Waals surface area contributed by atoms with Gasteiger partial charge in [-0.3, -0.25) is 0 Å². The zero-order valence-electron chi connectivity index (χ0n) is 8.99. The molecule has 74 valence electrons. The van der Waals surface area contributed by atoms with Gasteiger partial charge in [0.2, 0.25) is 0 Å². The highest BCUT2D eigenvalue weighted by molar-refractivity contribution is 6.75. The van der Waals surface area contributed by atoms with Gasteiger partial charge in [-0.1, -0.05) is 37.8 Å². The fraction of sp³-hybridized carbons (Fsp3) is 0.364. The number of hydrogen-bond donors (Lipinski definition) is 0. The molecule has 0 bridgehead atoms. The first-order chi connectivity index (χ1) is 6.53. The first kappa shape index (κ1) is 10.9. The highest BCUT2D eigenvalue weighted by Crippen LogP contribution is 2.14. The maximum absolute atomic E-state index is 8.52. The molecule has 0 spiro atoms. The normalized spacial score (nSPS) is 10.8. The summed E-state index contributed by atoms with van der Waals surface area (Å²) in [7, 11) is -1.10. The number of rotatable bonds is 3. The Balaban J connectivity index is 3.01. The van der Waals surface area contributed by atoms with Gasteiger partial charge in [0.05, 0.1) is 5.56 Å². The molecular weight excluding hydrogens is 188 g/mol. The molecule has 0 amide bonds. The van der Waals surface area contributed by atoms with E-state index in [2.05, 4.69) is 30.5 Å². The molecule has 0 radical (unpaired) electrons. The molecule has 1 rings (SSSR count). The molecule has 0 saturated heterocycles. The summed E-state index contributed by atoms with van der Waals surface area (Å²) in [5.74, 6) is 0. The van der Waals surface area contributed by atoms with Crippen LogP contribution in [0.3, 0.4) is 0 Å². The average molecular weight is 204 g/mol. The molecule has 0 N–H and O–H groups in total. The minimum absolute atomic E-state index is 1.03. The van der Waals surface area contributed by atoms with Crippen molar-refractivity contribution in [1.82, 2.24) is 0 Å². The van der Waals surface area contributed by atoms with E-state index >= 15 is 0 Å². The summed E-state index contributed by atoms with van der Waals surface area (Å²) in [4.78, 5) is 3.09. The van der Waals surface area contributed by atoms with Crippen LogP contribution in [0.2, 0.25) is 19.6 Å². The lowest BCUT2D eigenvalue weighted by molar-refractivity contribution is 0.00452. The van der Waals surface area contributed by atoms with Crippen LogP contribution in [-0.4, -0.2) is 19.1 Å². The van der Waals surface area contributed by atoms with Crippen molar-refractivity contribution < 1.29 is 4.79 Å². The minimum atomic E-state index is -1.10. The molecule has 0 aliphatic heterocycles. The molecule has 14 heavy (non-hydrogen) atoms. The van der Waals surface area contributed by atoms with Crippen LogP contribution in [-0.2, 0) is 6.04 Å². The molecule has 1 aromatic rings. The fourth-order valence-corrected chi connectivity index (χ4v) is 2.92. The topological polar surface area (TPSA) is 36.4 Å². The molecular formula is C11H16N2Si. The summed E-state index contributed by atoms with van der Waals surface area (Å²) in [5, 5.41) is 0. The van der Waals surface area contributed by atoms with Crippen molar-refractivity contribution >= 4 is 14.3 Å². The summed E-state index contributed by atoms with van der Waals surface area (Å²) in [6.07, 6.45) is 1.51. The maximum atomic E-state index is 8.52. The third kappa shape index (κ3) is 3.28. The van der Waals surface area contributed by atoms with E-state index in [0.717, 1.165) is 11.6 Å². The van der Waals surface area contributed by atoms with Crippen LogP contribution in [0.25, 0.3) is 5.53 Å². The van der Waals surface area contributed by atoms with Crippen LogP contribution in [0.4, 0.5) is 0 Å². The Bertz CT molecular complexity index is 360. The highest BCUT2D eigenvalue weighted by Gasteiger charge is 2.16. The minimum Gasteiger partial charge on any atom is -0.361 e. The predicted octanol–water partition coefficient (Wildman–Crippen LogP) is 2.76.